The Morgan fingerprint density at radius 1 is 1.33 bits per heavy atom. The summed E-state index contributed by atoms with van der Waals surface area (Å²) in [6, 6.07) is 10.1. The molecule has 1 aromatic heterocycles. The molecule has 18 heavy (non-hydrogen) atoms. The molecule has 2 rings (SSSR count). The zero-order valence-electron chi connectivity index (χ0n) is 10.6. The second-order valence-corrected chi connectivity index (χ2v) is 4.99. The molecule has 0 atom stereocenters. The Morgan fingerprint density at radius 3 is 2.67 bits per heavy atom. The molecule has 94 valence electrons. The van der Waals surface area contributed by atoms with Crippen LogP contribution >= 0.6 is 0 Å². The Hall–Kier alpha value is -2.10. The maximum absolute atomic E-state index is 11.9. The highest BCUT2D eigenvalue weighted by atomic mass is 16.1. The van der Waals surface area contributed by atoms with Crippen molar-refractivity contribution in [1.29, 1.82) is 0 Å². The van der Waals surface area contributed by atoms with E-state index >= 15 is 0 Å². The number of aromatic amines is 1. The molecule has 4 nitrogen and oxygen atoms in total. The van der Waals surface area contributed by atoms with Gasteiger partial charge in [-0.05, 0) is 25.8 Å². The Kier molecular flexibility index (Phi) is 3.46. The normalized spacial score (nSPS) is 11.2. The quantitative estimate of drug-likeness (QED) is 0.864. The minimum Gasteiger partial charge on any atom is -0.347 e. The summed E-state index contributed by atoms with van der Waals surface area (Å²) in [5.41, 5.74) is 1.46. The van der Waals surface area contributed by atoms with Gasteiger partial charge in [-0.3, -0.25) is 9.89 Å². The van der Waals surface area contributed by atoms with E-state index in [9.17, 15) is 4.79 Å². The molecule has 0 aliphatic rings. The third kappa shape index (κ3) is 3.20. The number of rotatable bonds is 4. The van der Waals surface area contributed by atoms with Crippen molar-refractivity contribution in [2.24, 2.45) is 0 Å². The molecule has 0 fully saturated rings. The van der Waals surface area contributed by atoms with E-state index in [4.69, 9.17) is 0 Å². The van der Waals surface area contributed by atoms with Gasteiger partial charge in [-0.2, -0.15) is 5.10 Å². The van der Waals surface area contributed by atoms with Crippen molar-refractivity contribution in [3.63, 3.8) is 0 Å². The predicted octanol–water partition coefficient (Wildman–Crippen LogP) is 2.16. The first-order valence-electron chi connectivity index (χ1n) is 5.92. The van der Waals surface area contributed by atoms with Crippen molar-refractivity contribution in [3.05, 3.63) is 53.9 Å². The molecule has 4 heteroatoms. The first-order chi connectivity index (χ1) is 8.57. The van der Waals surface area contributed by atoms with Gasteiger partial charge in [0.1, 0.15) is 0 Å². The summed E-state index contributed by atoms with van der Waals surface area (Å²) in [4.78, 5) is 11.9. The molecule has 1 aromatic carbocycles. The number of carbonyl (C=O) groups is 1. The van der Waals surface area contributed by atoms with Gasteiger partial charge >= 0.3 is 0 Å². The highest BCUT2D eigenvalue weighted by molar-refractivity contribution is 5.94. The fraction of sp³-hybridized carbons (Fsp3) is 0.286. The summed E-state index contributed by atoms with van der Waals surface area (Å²) in [7, 11) is 0. The summed E-state index contributed by atoms with van der Waals surface area (Å²) in [5.74, 6) is -0.107. The summed E-state index contributed by atoms with van der Waals surface area (Å²) in [6.45, 7) is 4.02. The maximum Gasteiger partial charge on any atom is 0.254 e. The second-order valence-electron chi connectivity index (χ2n) is 4.99. The third-order valence-electron chi connectivity index (χ3n) is 2.70. The van der Waals surface area contributed by atoms with Crippen LogP contribution in [0.1, 0.15) is 29.8 Å². The van der Waals surface area contributed by atoms with Crippen molar-refractivity contribution in [2.45, 2.75) is 25.8 Å². The number of hydrogen-bond acceptors (Lipinski definition) is 2. The Morgan fingerprint density at radius 2 is 2.06 bits per heavy atom. The molecule has 0 saturated carbocycles. The molecular weight excluding hydrogens is 226 g/mol. The summed E-state index contributed by atoms with van der Waals surface area (Å²) >= 11 is 0. The minimum absolute atomic E-state index is 0.107. The monoisotopic (exact) mass is 243 g/mol. The van der Waals surface area contributed by atoms with Crippen molar-refractivity contribution < 1.29 is 4.79 Å². The summed E-state index contributed by atoms with van der Waals surface area (Å²) in [5, 5.41) is 9.41. The number of hydrogen-bond donors (Lipinski definition) is 2. The highest BCUT2D eigenvalue weighted by Crippen LogP contribution is 2.13. The van der Waals surface area contributed by atoms with Gasteiger partial charge in [-0.25, -0.2) is 0 Å². The van der Waals surface area contributed by atoms with Crippen LogP contribution in [-0.2, 0) is 6.42 Å². The zero-order chi connectivity index (χ0) is 13.0. The van der Waals surface area contributed by atoms with E-state index in [0.29, 0.717) is 5.56 Å². The van der Waals surface area contributed by atoms with Crippen molar-refractivity contribution in [3.8, 4) is 0 Å². The van der Waals surface area contributed by atoms with Crippen LogP contribution in [0.15, 0.2) is 42.7 Å². The molecule has 0 spiro atoms. The van der Waals surface area contributed by atoms with Crippen LogP contribution < -0.4 is 5.32 Å². The number of benzene rings is 1. The SMILES string of the molecule is CC(C)(Cc1ccccc1)NC(=O)c1cn[nH]c1. The van der Waals surface area contributed by atoms with Gasteiger partial charge in [-0.15, -0.1) is 0 Å². The van der Waals surface area contributed by atoms with Crippen molar-refractivity contribution >= 4 is 5.91 Å². The van der Waals surface area contributed by atoms with E-state index in [1.54, 1.807) is 6.20 Å². The van der Waals surface area contributed by atoms with Gasteiger partial charge in [0, 0.05) is 11.7 Å². The lowest BCUT2D eigenvalue weighted by Gasteiger charge is -2.26. The van der Waals surface area contributed by atoms with Crippen LogP contribution in [0, 0.1) is 0 Å². The molecule has 0 saturated heterocycles. The number of amides is 1. The Labute approximate surface area is 106 Å². The van der Waals surface area contributed by atoms with Crippen LogP contribution in [-0.4, -0.2) is 21.6 Å². The van der Waals surface area contributed by atoms with E-state index < -0.39 is 0 Å². The first-order valence-corrected chi connectivity index (χ1v) is 5.92. The second kappa shape index (κ2) is 5.04. The molecule has 0 unspecified atom stereocenters. The van der Waals surface area contributed by atoms with Crippen LogP contribution in [0.5, 0.6) is 0 Å². The highest BCUT2D eigenvalue weighted by Gasteiger charge is 2.21. The van der Waals surface area contributed by atoms with Crippen molar-refractivity contribution in [1.82, 2.24) is 15.5 Å². The lowest BCUT2D eigenvalue weighted by molar-refractivity contribution is 0.0913. The Bertz CT molecular complexity index is 503. The van der Waals surface area contributed by atoms with Crippen molar-refractivity contribution in [2.75, 3.05) is 0 Å². The van der Waals surface area contributed by atoms with E-state index in [2.05, 4.69) is 27.6 Å². The van der Waals surface area contributed by atoms with E-state index in [0.717, 1.165) is 6.42 Å². The fourth-order valence-corrected chi connectivity index (χ4v) is 1.90. The lowest BCUT2D eigenvalue weighted by Crippen LogP contribution is -2.45. The average Bonchev–Trinajstić information content (AvgIpc) is 2.82. The maximum atomic E-state index is 11.9. The number of aromatic nitrogens is 2. The first kappa shape index (κ1) is 12.4. The molecule has 0 aliphatic heterocycles. The molecule has 2 N–H and O–H groups in total. The fourth-order valence-electron chi connectivity index (χ4n) is 1.90. The molecule has 0 bridgehead atoms. The van der Waals surface area contributed by atoms with E-state index in [-0.39, 0.29) is 11.4 Å². The molecular formula is C14H17N3O. The van der Waals surface area contributed by atoms with Crippen LogP contribution in [0.25, 0.3) is 0 Å². The van der Waals surface area contributed by atoms with Gasteiger partial charge in [0.05, 0.1) is 11.8 Å². The molecule has 2 aromatic rings. The summed E-state index contributed by atoms with van der Waals surface area (Å²) < 4.78 is 0. The zero-order valence-corrected chi connectivity index (χ0v) is 10.6. The van der Waals surface area contributed by atoms with Crippen LogP contribution in [0.2, 0.25) is 0 Å². The lowest BCUT2D eigenvalue weighted by atomic mass is 9.94. The smallest absolute Gasteiger partial charge is 0.254 e. The van der Waals surface area contributed by atoms with Gasteiger partial charge in [0.15, 0.2) is 0 Å². The molecule has 1 heterocycles. The largest absolute Gasteiger partial charge is 0.347 e. The number of nitrogens with zero attached hydrogens (tertiary/aromatic N) is 1. The molecule has 1 amide bonds. The number of H-pyrrole nitrogens is 1. The standard InChI is InChI=1S/C14H17N3O/c1-14(2,8-11-6-4-3-5-7-11)17-13(18)12-9-15-16-10-12/h3-7,9-10H,8H2,1-2H3,(H,15,16)(H,17,18). The van der Waals surface area contributed by atoms with Crippen LogP contribution in [0.3, 0.4) is 0 Å². The third-order valence-corrected chi connectivity index (χ3v) is 2.70. The molecule has 0 radical (unpaired) electrons. The van der Waals surface area contributed by atoms with Gasteiger partial charge in [0.2, 0.25) is 0 Å². The van der Waals surface area contributed by atoms with Gasteiger partial charge < -0.3 is 5.32 Å². The van der Waals surface area contributed by atoms with E-state index in [1.807, 2.05) is 32.0 Å². The predicted molar refractivity (Wildman–Crippen MR) is 70.3 cm³/mol. The average molecular weight is 243 g/mol. The minimum atomic E-state index is -0.296. The van der Waals surface area contributed by atoms with Gasteiger partial charge in [0.25, 0.3) is 5.91 Å². The number of nitrogens with one attached hydrogen (secondary N) is 2. The van der Waals surface area contributed by atoms with Gasteiger partial charge in [-0.1, -0.05) is 30.3 Å². The number of carbonyl (C=O) groups excluding carboxylic acids is 1. The molecule has 0 aliphatic carbocycles. The summed E-state index contributed by atoms with van der Waals surface area (Å²) in [6.07, 6.45) is 3.90. The van der Waals surface area contributed by atoms with Crippen LogP contribution in [0.4, 0.5) is 0 Å². The van der Waals surface area contributed by atoms with E-state index in [1.165, 1.54) is 11.8 Å². The Balaban J connectivity index is 2.01. The topological polar surface area (TPSA) is 57.8 Å².